The highest BCUT2D eigenvalue weighted by Gasteiger charge is 3.02. The molecule has 8 rings (SSSR count). The first-order valence-electron chi connectivity index (χ1n) is 6.06. The summed E-state index contributed by atoms with van der Waals surface area (Å²) in [6.45, 7) is 0. The minimum atomic E-state index is 0.747. The molecule has 8 aliphatic rings. The third kappa shape index (κ3) is 0.247. The summed E-state index contributed by atoms with van der Waals surface area (Å²) in [4.78, 5) is 0. The van der Waals surface area contributed by atoms with E-state index < -0.39 is 0 Å². The fraction of sp³-hybridized carbons (Fsp3) is 1.00. The minimum absolute atomic E-state index is 0.747. The van der Waals surface area contributed by atoms with Crippen LogP contribution in [0.2, 0.25) is 0 Å². The van der Waals surface area contributed by atoms with Crippen LogP contribution in [0.4, 0.5) is 0 Å². The summed E-state index contributed by atoms with van der Waals surface area (Å²) < 4.78 is 0.747. The Morgan fingerprint density at radius 1 is 0.538 bits per heavy atom. The average molecular weight is 235 g/mol. The van der Waals surface area contributed by atoms with Gasteiger partial charge in [0, 0.05) is 4.32 Å². The maximum Gasteiger partial charge on any atom is 0.0359 e. The first-order valence-corrected chi connectivity index (χ1v) is 6.85. The lowest BCUT2D eigenvalue weighted by Crippen LogP contribution is -2.36. The number of halogens is 1. The van der Waals surface area contributed by atoms with Crippen LogP contribution in [0.1, 0.15) is 0 Å². The van der Waals surface area contributed by atoms with E-state index >= 15 is 0 Å². The maximum absolute atomic E-state index is 4.24. The van der Waals surface area contributed by atoms with Gasteiger partial charge in [0.05, 0.1) is 0 Å². The van der Waals surface area contributed by atoms with Crippen LogP contribution in [0.5, 0.6) is 0 Å². The van der Waals surface area contributed by atoms with Crippen LogP contribution < -0.4 is 0 Å². The van der Waals surface area contributed by atoms with Gasteiger partial charge in [0.25, 0.3) is 0 Å². The van der Waals surface area contributed by atoms with Crippen molar-refractivity contribution in [2.75, 3.05) is 0 Å². The molecular formula is C12H11Br. The fourth-order valence-corrected chi connectivity index (χ4v) is 10.2. The van der Waals surface area contributed by atoms with E-state index in [-0.39, 0.29) is 0 Å². The number of hydrogen-bond acceptors (Lipinski definition) is 0. The van der Waals surface area contributed by atoms with Crippen LogP contribution in [0.25, 0.3) is 0 Å². The predicted octanol–water partition coefficient (Wildman–Crippen LogP) is 1.99. The third-order valence-electron chi connectivity index (χ3n) is 7.74. The van der Waals surface area contributed by atoms with Crippen molar-refractivity contribution >= 4 is 15.9 Å². The van der Waals surface area contributed by atoms with E-state index in [0.29, 0.717) is 0 Å². The van der Waals surface area contributed by atoms with Crippen LogP contribution in [-0.4, -0.2) is 4.32 Å². The predicted molar refractivity (Wildman–Crippen MR) is 50.0 cm³/mol. The Kier molecular flexibility index (Phi) is 0.449. The summed E-state index contributed by atoms with van der Waals surface area (Å²) >= 11 is 4.24. The van der Waals surface area contributed by atoms with Crippen molar-refractivity contribution in [2.24, 2.45) is 65.1 Å². The molecule has 0 aliphatic heterocycles. The molecule has 13 heavy (non-hydrogen) atoms. The van der Waals surface area contributed by atoms with E-state index in [1.165, 1.54) is 65.1 Å². The molecule has 0 aromatic rings. The van der Waals surface area contributed by atoms with E-state index in [1.54, 1.807) is 0 Å². The Morgan fingerprint density at radius 2 is 0.846 bits per heavy atom. The summed E-state index contributed by atoms with van der Waals surface area (Å²) in [6, 6.07) is 0. The molecule has 0 bridgehead atoms. The highest BCUT2D eigenvalue weighted by atomic mass is 79.9. The first-order chi connectivity index (χ1) is 6.37. The van der Waals surface area contributed by atoms with Gasteiger partial charge in [0.15, 0.2) is 0 Å². The molecule has 0 saturated heterocycles. The quantitative estimate of drug-likeness (QED) is 0.563. The number of hydrogen-bond donors (Lipinski definition) is 0. The zero-order valence-electron chi connectivity index (χ0n) is 7.23. The lowest BCUT2D eigenvalue weighted by atomic mass is 9.77. The number of alkyl halides is 1. The molecule has 0 N–H and O–H groups in total. The molecule has 8 fully saturated rings. The lowest BCUT2D eigenvalue weighted by molar-refractivity contribution is 0.222. The van der Waals surface area contributed by atoms with E-state index in [4.69, 9.17) is 0 Å². The lowest BCUT2D eigenvalue weighted by Gasteiger charge is -2.34. The summed E-state index contributed by atoms with van der Waals surface area (Å²) in [5, 5.41) is 0. The monoisotopic (exact) mass is 234 g/mol. The Labute approximate surface area is 85.6 Å². The molecule has 0 radical (unpaired) electrons. The minimum Gasteiger partial charge on any atom is -0.0844 e. The molecule has 0 aromatic carbocycles. The molecule has 0 amide bonds. The summed E-state index contributed by atoms with van der Waals surface area (Å²) in [5.74, 6) is 13.7. The van der Waals surface area contributed by atoms with Gasteiger partial charge in [-0.05, 0) is 65.1 Å². The molecule has 8 saturated carbocycles. The van der Waals surface area contributed by atoms with Gasteiger partial charge in [-0.15, -0.1) is 0 Å². The molecule has 66 valence electrons. The Hall–Kier alpha value is 0.480. The Balaban J connectivity index is 1.79. The second-order valence-corrected chi connectivity index (χ2v) is 8.40. The maximum atomic E-state index is 4.24. The van der Waals surface area contributed by atoms with E-state index in [1.807, 2.05) is 0 Å². The molecule has 0 spiro atoms. The summed E-state index contributed by atoms with van der Waals surface area (Å²) in [5.41, 5.74) is 0. The van der Waals surface area contributed by atoms with Crippen molar-refractivity contribution in [2.45, 2.75) is 4.32 Å². The van der Waals surface area contributed by atoms with Crippen LogP contribution in [0.15, 0.2) is 0 Å². The molecule has 1 heteroatoms. The van der Waals surface area contributed by atoms with Crippen molar-refractivity contribution in [3.05, 3.63) is 0 Å². The van der Waals surface area contributed by atoms with Crippen LogP contribution in [-0.2, 0) is 0 Å². The zero-order valence-corrected chi connectivity index (χ0v) is 8.81. The first kappa shape index (κ1) is 5.53. The molecule has 8 aliphatic carbocycles. The third-order valence-corrected chi connectivity index (χ3v) is 9.32. The van der Waals surface area contributed by atoms with Gasteiger partial charge in [-0.1, -0.05) is 15.9 Å². The van der Waals surface area contributed by atoms with Crippen molar-refractivity contribution in [1.29, 1.82) is 0 Å². The van der Waals surface area contributed by atoms with E-state index in [2.05, 4.69) is 15.9 Å². The Bertz CT molecular complexity index is 383. The smallest absolute Gasteiger partial charge is 0.0359 e. The molecule has 0 aromatic heterocycles. The fourth-order valence-electron chi connectivity index (χ4n) is 8.40. The van der Waals surface area contributed by atoms with Crippen molar-refractivity contribution in [1.82, 2.24) is 0 Å². The van der Waals surface area contributed by atoms with Crippen molar-refractivity contribution < 1.29 is 0 Å². The summed E-state index contributed by atoms with van der Waals surface area (Å²) in [7, 11) is 0. The van der Waals surface area contributed by atoms with Gasteiger partial charge in [0.2, 0.25) is 0 Å². The highest BCUT2D eigenvalue weighted by Crippen LogP contribution is 3.03. The van der Waals surface area contributed by atoms with Crippen LogP contribution in [0.3, 0.4) is 0 Å². The second-order valence-electron chi connectivity index (χ2n) is 7.02. The standard InChI is InChI=1S/C12H11Br/c13-12-9-3-1-2-5(9)7-8(11(7)12)6(2)10(12)4(1)3/h1-11H. The normalized spacial score (nSPS) is 106. The zero-order chi connectivity index (χ0) is 7.85. The molecule has 8 atom stereocenters. The average Bonchev–Trinajstić information content (AvgIpc) is 2.68. The SMILES string of the molecule is BrC12C3C4C5C6C3C3C(C6C1C54)C32. The van der Waals surface area contributed by atoms with Gasteiger partial charge in [-0.3, -0.25) is 0 Å². The second kappa shape index (κ2) is 1.06. The van der Waals surface area contributed by atoms with Crippen molar-refractivity contribution in [3.63, 3.8) is 0 Å². The van der Waals surface area contributed by atoms with Gasteiger partial charge in [-0.25, -0.2) is 0 Å². The van der Waals surface area contributed by atoms with Crippen molar-refractivity contribution in [3.8, 4) is 0 Å². The molecule has 8 unspecified atom stereocenters. The topological polar surface area (TPSA) is 0 Å². The Morgan fingerprint density at radius 3 is 1.23 bits per heavy atom. The van der Waals surface area contributed by atoms with Crippen LogP contribution >= 0.6 is 15.9 Å². The number of rotatable bonds is 0. The molecule has 0 nitrogen and oxygen atoms in total. The van der Waals surface area contributed by atoms with Crippen LogP contribution in [0, 0.1) is 65.1 Å². The van der Waals surface area contributed by atoms with Gasteiger partial charge < -0.3 is 0 Å². The largest absolute Gasteiger partial charge is 0.0844 e. The molecular weight excluding hydrogens is 224 g/mol. The van der Waals surface area contributed by atoms with Gasteiger partial charge >= 0.3 is 0 Å². The van der Waals surface area contributed by atoms with Gasteiger partial charge in [0.1, 0.15) is 0 Å². The van der Waals surface area contributed by atoms with E-state index in [0.717, 1.165) is 4.32 Å². The van der Waals surface area contributed by atoms with Gasteiger partial charge in [-0.2, -0.15) is 0 Å². The summed E-state index contributed by atoms with van der Waals surface area (Å²) in [6.07, 6.45) is 0. The molecule has 0 heterocycles. The highest BCUT2D eigenvalue weighted by molar-refractivity contribution is 9.10. The van der Waals surface area contributed by atoms with E-state index in [9.17, 15) is 0 Å².